The Balaban J connectivity index is 2.50. The number of nitrogens with zero attached hydrogens (tertiary/aromatic N) is 3. The number of hydrogen-bond acceptors (Lipinski definition) is 3. The molecule has 2 rings (SSSR count). The molecule has 0 aromatic carbocycles. The van der Waals surface area contributed by atoms with E-state index in [1.54, 1.807) is 0 Å². The molecule has 19 heavy (non-hydrogen) atoms. The van der Waals surface area contributed by atoms with E-state index in [0.717, 1.165) is 39.0 Å². The normalized spacial score (nSPS) is 15.0. The van der Waals surface area contributed by atoms with Crippen LogP contribution in [0.3, 0.4) is 0 Å². The Labute approximate surface area is 114 Å². The van der Waals surface area contributed by atoms with Crippen LogP contribution in [0.15, 0.2) is 10.9 Å². The molecule has 0 radical (unpaired) electrons. The first-order valence-corrected chi connectivity index (χ1v) is 7.05. The minimum absolute atomic E-state index is 0.0344. The molecule has 2 heterocycles. The zero-order valence-corrected chi connectivity index (χ0v) is 11.8. The molecule has 0 fully saturated rings. The third kappa shape index (κ3) is 2.71. The Morgan fingerprint density at radius 1 is 1.42 bits per heavy atom. The van der Waals surface area contributed by atoms with E-state index in [0.29, 0.717) is 5.56 Å². The van der Waals surface area contributed by atoms with Gasteiger partial charge in [0.25, 0.3) is 5.56 Å². The van der Waals surface area contributed by atoms with Crippen molar-refractivity contribution in [3.8, 4) is 6.07 Å². The summed E-state index contributed by atoms with van der Waals surface area (Å²) >= 11 is 0. The van der Waals surface area contributed by atoms with Crippen LogP contribution in [0.4, 0.5) is 0 Å². The van der Waals surface area contributed by atoms with Crippen LogP contribution in [0.25, 0.3) is 0 Å². The molecule has 0 spiro atoms. The number of hydrogen-bond donors (Lipinski definition) is 0. The number of fused-ring (bicyclic) bond motifs is 1. The van der Waals surface area contributed by atoms with Gasteiger partial charge in [0, 0.05) is 37.3 Å². The predicted molar refractivity (Wildman–Crippen MR) is 75.0 cm³/mol. The SMILES string of the molecule is CCCn1c2c(cc(CC#N)c1=O)CN(CC)CC2. The van der Waals surface area contributed by atoms with Crippen LogP contribution in [0, 0.1) is 11.3 Å². The van der Waals surface area contributed by atoms with Crippen LogP contribution in [0.5, 0.6) is 0 Å². The van der Waals surface area contributed by atoms with Crippen LogP contribution >= 0.6 is 0 Å². The lowest BCUT2D eigenvalue weighted by Crippen LogP contribution is -2.36. The topological polar surface area (TPSA) is 49.0 Å². The third-order valence-corrected chi connectivity index (χ3v) is 3.79. The molecule has 0 aliphatic carbocycles. The molecule has 0 saturated heterocycles. The van der Waals surface area contributed by atoms with E-state index in [4.69, 9.17) is 5.26 Å². The highest BCUT2D eigenvalue weighted by molar-refractivity contribution is 5.30. The van der Waals surface area contributed by atoms with Gasteiger partial charge in [0.2, 0.25) is 0 Å². The van der Waals surface area contributed by atoms with Crippen molar-refractivity contribution in [2.24, 2.45) is 0 Å². The number of nitriles is 1. The van der Waals surface area contributed by atoms with Gasteiger partial charge in [-0.1, -0.05) is 13.8 Å². The average molecular weight is 259 g/mol. The maximum Gasteiger partial charge on any atom is 0.255 e. The Morgan fingerprint density at radius 3 is 2.84 bits per heavy atom. The Kier molecular flexibility index (Phi) is 4.39. The molecule has 0 N–H and O–H groups in total. The molecule has 1 aliphatic rings. The van der Waals surface area contributed by atoms with Crippen molar-refractivity contribution < 1.29 is 0 Å². The first-order valence-electron chi connectivity index (χ1n) is 7.05. The number of pyridine rings is 1. The van der Waals surface area contributed by atoms with Gasteiger partial charge in [0.15, 0.2) is 0 Å². The Bertz CT molecular complexity index is 554. The fourth-order valence-corrected chi connectivity index (χ4v) is 2.78. The van der Waals surface area contributed by atoms with E-state index in [9.17, 15) is 4.79 Å². The van der Waals surface area contributed by atoms with Gasteiger partial charge in [-0.05, 0) is 24.6 Å². The van der Waals surface area contributed by atoms with Crippen molar-refractivity contribution in [1.82, 2.24) is 9.47 Å². The quantitative estimate of drug-likeness (QED) is 0.827. The van der Waals surface area contributed by atoms with Crippen molar-refractivity contribution in [2.75, 3.05) is 13.1 Å². The van der Waals surface area contributed by atoms with Gasteiger partial charge in [0.1, 0.15) is 0 Å². The molecular formula is C15H21N3O. The minimum Gasteiger partial charge on any atom is -0.312 e. The van der Waals surface area contributed by atoms with Crippen LogP contribution in [-0.2, 0) is 25.9 Å². The summed E-state index contributed by atoms with van der Waals surface area (Å²) in [6.07, 6.45) is 2.09. The van der Waals surface area contributed by atoms with Crippen molar-refractivity contribution in [3.63, 3.8) is 0 Å². The van der Waals surface area contributed by atoms with E-state index in [2.05, 4.69) is 24.8 Å². The standard InChI is InChI=1S/C15H21N3O/c1-3-8-18-14-6-9-17(4-2)11-13(14)10-12(5-7-16)15(18)19/h10H,3-6,8-9,11H2,1-2H3. The highest BCUT2D eigenvalue weighted by atomic mass is 16.1. The number of rotatable bonds is 4. The van der Waals surface area contributed by atoms with Gasteiger partial charge in [-0.2, -0.15) is 5.26 Å². The smallest absolute Gasteiger partial charge is 0.255 e. The zero-order valence-electron chi connectivity index (χ0n) is 11.8. The Morgan fingerprint density at radius 2 is 2.21 bits per heavy atom. The summed E-state index contributed by atoms with van der Waals surface area (Å²) in [7, 11) is 0. The van der Waals surface area contributed by atoms with E-state index < -0.39 is 0 Å². The fraction of sp³-hybridized carbons (Fsp3) is 0.600. The van der Waals surface area contributed by atoms with Gasteiger partial charge in [0.05, 0.1) is 12.5 Å². The number of likely N-dealkylation sites (N-methyl/N-ethyl adjacent to an activating group) is 1. The monoisotopic (exact) mass is 259 g/mol. The summed E-state index contributed by atoms with van der Waals surface area (Å²) in [6.45, 7) is 7.94. The molecule has 0 atom stereocenters. The van der Waals surface area contributed by atoms with Gasteiger partial charge in [-0.25, -0.2) is 0 Å². The summed E-state index contributed by atoms with van der Waals surface area (Å²) < 4.78 is 1.90. The Hall–Kier alpha value is -1.60. The molecular weight excluding hydrogens is 238 g/mol. The average Bonchev–Trinajstić information content (AvgIpc) is 2.43. The van der Waals surface area contributed by atoms with Gasteiger partial charge in [-0.3, -0.25) is 9.69 Å². The predicted octanol–water partition coefficient (Wildman–Crippen LogP) is 1.70. The fourth-order valence-electron chi connectivity index (χ4n) is 2.78. The molecule has 1 aliphatic heterocycles. The summed E-state index contributed by atoms with van der Waals surface area (Å²) in [5.41, 5.74) is 3.09. The molecule has 0 amide bonds. The lowest BCUT2D eigenvalue weighted by atomic mass is 10.0. The first-order chi connectivity index (χ1) is 9.21. The van der Waals surface area contributed by atoms with E-state index >= 15 is 0 Å². The van der Waals surface area contributed by atoms with E-state index in [-0.39, 0.29) is 12.0 Å². The molecule has 4 nitrogen and oxygen atoms in total. The van der Waals surface area contributed by atoms with Crippen molar-refractivity contribution in [1.29, 1.82) is 5.26 Å². The maximum atomic E-state index is 12.4. The second-order valence-electron chi connectivity index (χ2n) is 5.05. The van der Waals surface area contributed by atoms with Crippen LogP contribution in [-0.4, -0.2) is 22.6 Å². The van der Waals surface area contributed by atoms with Gasteiger partial charge in [-0.15, -0.1) is 0 Å². The van der Waals surface area contributed by atoms with Crippen molar-refractivity contribution in [3.05, 3.63) is 33.2 Å². The zero-order chi connectivity index (χ0) is 13.8. The van der Waals surface area contributed by atoms with Gasteiger partial charge >= 0.3 is 0 Å². The summed E-state index contributed by atoms with van der Waals surface area (Å²) in [6, 6.07) is 4.05. The van der Waals surface area contributed by atoms with Crippen LogP contribution < -0.4 is 5.56 Å². The molecule has 0 bridgehead atoms. The second kappa shape index (κ2) is 6.03. The lowest BCUT2D eigenvalue weighted by molar-refractivity contribution is 0.261. The minimum atomic E-state index is 0.0344. The highest BCUT2D eigenvalue weighted by Crippen LogP contribution is 2.19. The van der Waals surface area contributed by atoms with Gasteiger partial charge < -0.3 is 4.57 Å². The maximum absolute atomic E-state index is 12.4. The molecule has 4 heteroatoms. The summed E-state index contributed by atoms with van der Waals surface area (Å²) in [5, 5.41) is 8.86. The van der Waals surface area contributed by atoms with Crippen LogP contribution in [0.2, 0.25) is 0 Å². The largest absolute Gasteiger partial charge is 0.312 e. The summed E-state index contributed by atoms with van der Waals surface area (Å²) in [4.78, 5) is 14.7. The molecule has 102 valence electrons. The second-order valence-corrected chi connectivity index (χ2v) is 5.05. The number of aromatic nitrogens is 1. The molecule has 1 aromatic rings. The van der Waals surface area contributed by atoms with E-state index in [1.165, 1.54) is 11.3 Å². The van der Waals surface area contributed by atoms with Crippen LogP contribution in [0.1, 0.15) is 37.1 Å². The lowest BCUT2D eigenvalue weighted by Gasteiger charge is -2.30. The van der Waals surface area contributed by atoms with E-state index in [1.807, 2.05) is 10.6 Å². The highest BCUT2D eigenvalue weighted by Gasteiger charge is 2.20. The third-order valence-electron chi connectivity index (χ3n) is 3.79. The molecule has 0 saturated carbocycles. The summed E-state index contributed by atoms with van der Waals surface area (Å²) in [5.74, 6) is 0. The van der Waals surface area contributed by atoms with Crippen molar-refractivity contribution in [2.45, 2.75) is 46.2 Å². The first kappa shape index (κ1) is 13.8. The molecule has 1 aromatic heterocycles. The van der Waals surface area contributed by atoms with Crippen molar-refractivity contribution >= 4 is 0 Å². The molecule has 0 unspecified atom stereocenters.